The summed E-state index contributed by atoms with van der Waals surface area (Å²) < 4.78 is 51.2. The minimum absolute atomic E-state index is 0.0151. The van der Waals surface area contributed by atoms with Gasteiger partial charge >= 0.3 is 6.18 Å². The maximum Gasteiger partial charge on any atom is 0.416 e. The zero-order valence-electron chi connectivity index (χ0n) is 29.2. The lowest BCUT2D eigenvalue weighted by Crippen LogP contribution is -2.37. The predicted molar refractivity (Wildman–Crippen MR) is 195 cm³/mol. The van der Waals surface area contributed by atoms with Crippen LogP contribution in [0.4, 0.5) is 18.9 Å². The van der Waals surface area contributed by atoms with Crippen LogP contribution in [0.15, 0.2) is 120 Å². The van der Waals surface area contributed by atoms with E-state index in [9.17, 15) is 33.0 Å². The van der Waals surface area contributed by atoms with Gasteiger partial charge in [-0.15, -0.1) is 0 Å². The number of hydrogen-bond acceptors (Lipinski definition) is 8. The van der Waals surface area contributed by atoms with Crippen LogP contribution in [-0.2, 0) is 23.9 Å². The first-order valence-electron chi connectivity index (χ1n) is 16.8. The third-order valence-electron chi connectivity index (χ3n) is 8.59. The van der Waals surface area contributed by atoms with Crippen LogP contribution in [0.2, 0.25) is 0 Å². The molecule has 6 aromatic rings. The molecule has 0 fully saturated rings. The van der Waals surface area contributed by atoms with Gasteiger partial charge in [-0.05, 0) is 77.7 Å². The van der Waals surface area contributed by atoms with E-state index in [2.05, 4.69) is 39.7 Å². The van der Waals surface area contributed by atoms with E-state index in [0.717, 1.165) is 22.8 Å². The molecule has 5 aromatic carbocycles. The van der Waals surface area contributed by atoms with Gasteiger partial charge in [0.2, 0.25) is 11.7 Å². The van der Waals surface area contributed by atoms with Gasteiger partial charge in [0, 0.05) is 28.9 Å². The van der Waals surface area contributed by atoms with Gasteiger partial charge < -0.3 is 29.7 Å². The van der Waals surface area contributed by atoms with Gasteiger partial charge in [0.05, 0.1) is 25.6 Å². The molecule has 1 heterocycles. The van der Waals surface area contributed by atoms with E-state index < -0.39 is 36.3 Å². The number of ether oxygens (including phenoxy) is 1. The van der Waals surface area contributed by atoms with Crippen LogP contribution < -0.4 is 10.1 Å². The number of aliphatic hydroxyl groups is 2. The number of aromatic nitrogens is 2. The quantitative estimate of drug-likeness (QED) is 0.110. The van der Waals surface area contributed by atoms with Gasteiger partial charge in [0.1, 0.15) is 5.75 Å². The molecular formula is C41H35F3N4O6. The van der Waals surface area contributed by atoms with E-state index in [1.165, 1.54) is 54.0 Å². The maximum atomic E-state index is 13.6. The SMILES string of the molecule is COc1ccc(CC(=O)Nc2ccc(C(=O)N(Cc3ccc(-c4noc(-c5ccc(-c6ccc(C)cc6)cc5)n4)cc3)CC(O)O)cc2)c(C(F)(F)F)c1. The minimum Gasteiger partial charge on any atom is -0.497 e. The Kier molecular flexibility index (Phi) is 11.2. The molecule has 0 radical (unpaired) electrons. The van der Waals surface area contributed by atoms with Gasteiger partial charge in [0.15, 0.2) is 6.29 Å². The molecule has 0 unspecified atom stereocenters. The van der Waals surface area contributed by atoms with Crippen LogP contribution >= 0.6 is 0 Å². The number of aliphatic hydroxyl groups excluding tert-OH is 1. The van der Waals surface area contributed by atoms with Crippen LogP contribution in [-0.4, -0.2) is 57.0 Å². The number of halogens is 3. The number of carbonyl (C=O) groups is 2. The monoisotopic (exact) mass is 736 g/mol. The van der Waals surface area contributed by atoms with E-state index in [1.807, 2.05) is 31.2 Å². The fourth-order valence-corrected chi connectivity index (χ4v) is 5.76. The molecule has 1 aromatic heterocycles. The number of nitrogens with zero attached hydrogens (tertiary/aromatic N) is 3. The van der Waals surface area contributed by atoms with Crippen molar-refractivity contribution >= 4 is 17.5 Å². The molecule has 54 heavy (non-hydrogen) atoms. The predicted octanol–water partition coefficient (Wildman–Crippen LogP) is 7.54. The van der Waals surface area contributed by atoms with Crippen molar-refractivity contribution in [2.24, 2.45) is 0 Å². The third kappa shape index (κ3) is 9.18. The Labute approximate surface area is 308 Å². The normalized spacial score (nSPS) is 11.4. The lowest BCUT2D eigenvalue weighted by Gasteiger charge is -2.24. The van der Waals surface area contributed by atoms with E-state index in [0.29, 0.717) is 22.8 Å². The Hall–Kier alpha value is -6.31. The Morgan fingerprint density at radius 2 is 1.44 bits per heavy atom. The number of benzene rings is 5. The zero-order valence-corrected chi connectivity index (χ0v) is 29.2. The maximum absolute atomic E-state index is 13.6. The number of hydrogen-bond donors (Lipinski definition) is 3. The summed E-state index contributed by atoms with van der Waals surface area (Å²) in [6.45, 7) is 1.68. The summed E-state index contributed by atoms with van der Waals surface area (Å²) in [5, 5.41) is 26.2. The summed E-state index contributed by atoms with van der Waals surface area (Å²) in [5.41, 5.74) is 4.72. The van der Waals surface area contributed by atoms with Crippen molar-refractivity contribution < 1.29 is 42.2 Å². The Morgan fingerprint density at radius 1 is 0.833 bits per heavy atom. The summed E-state index contributed by atoms with van der Waals surface area (Å²) in [4.78, 5) is 31.9. The van der Waals surface area contributed by atoms with Crippen LogP contribution in [0, 0.1) is 6.92 Å². The molecule has 2 amide bonds. The number of aryl methyl sites for hydroxylation is 1. The number of carbonyl (C=O) groups excluding carboxylic acids is 2. The second-order valence-electron chi connectivity index (χ2n) is 12.6. The molecule has 276 valence electrons. The first-order valence-corrected chi connectivity index (χ1v) is 16.8. The Morgan fingerprint density at radius 3 is 2.06 bits per heavy atom. The Balaban J connectivity index is 1.08. The minimum atomic E-state index is -4.68. The first-order chi connectivity index (χ1) is 25.9. The highest BCUT2D eigenvalue weighted by Gasteiger charge is 2.34. The van der Waals surface area contributed by atoms with E-state index in [4.69, 9.17) is 9.26 Å². The second kappa shape index (κ2) is 16.1. The van der Waals surface area contributed by atoms with Crippen LogP contribution in [0.5, 0.6) is 5.75 Å². The molecule has 6 rings (SSSR count). The molecule has 0 aliphatic carbocycles. The van der Waals surface area contributed by atoms with Gasteiger partial charge in [-0.2, -0.15) is 18.2 Å². The third-order valence-corrected chi connectivity index (χ3v) is 8.59. The molecular weight excluding hydrogens is 701 g/mol. The molecule has 0 spiro atoms. The van der Waals surface area contributed by atoms with Crippen molar-refractivity contribution in [1.29, 1.82) is 0 Å². The number of rotatable bonds is 12. The zero-order chi connectivity index (χ0) is 38.4. The molecule has 0 aliphatic rings. The highest BCUT2D eigenvalue weighted by molar-refractivity contribution is 5.96. The van der Waals surface area contributed by atoms with E-state index >= 15 is 0 Å². The van der Waals surface area contributed by atoms with Crippen LogP contribution in [0.1, 0.15) is 32.6 Å². The van der Waals surface area contributed by atoms with E-state index in [-0.39, 0.29) is 35.7 Å². The Bertz CT molecular complexity index is 2220. The lowest BCUT2D eigenvalue weighted by molar-refractivity contribution is -0.138. The summed E-state index contributed by atoms with van der Waals surface area (Å²) in [6.07, 6.45) is -7.04. The summed E-state index contributed by atoms with van der Waals surface area (Å²) in [7, 11) is 1.25. The van der Waals surface area contributed by atoms with Crippen molar-refractivity contribution in [3.05, 3.63) is 143 Å². The topological polar surface area (TPSA) is 138 Å². The number of nitrogens with one attached hydrogen (secondary N) is 1. The fourth-order valence-electron chi connectivity index (χ4n) is 5.76. The van der Waals surface area contributed by atoms with Crippen molar-refractivity contribution in [1.82, 2.24) is 15.0 Å². The highest BCUT2D eigenvalue weighted by Crippen LogP contribution is 2.35. The average molecular weight is 737 g/mol. The smallest absolute Gasteiger partial charge is 0.416 e. The molecule has 3 N–H and O–H groups in total. The van der Waals surface area contributed by atoms with Gasteiger partial charge in [0.25, 0.3) is 11.8 Å². The summed E-state index contributed by atoms with van der Waals surface area (Å²) in [5.74, 6) is -0.468. The largest absolute Gasteiger partial charge is 0.497 e. The van der Waals surface area contributed by atoms with E-state index in [1.54, 1.807) is 24.3 Å². The second-order valence-corrected chi connectivity index (χ2v) is 12.6. The first kappa shape index (κ1) is 37.4. The summed E-state index contributed by atoms with van der Waals surface area (Å²) in [6, 6.07) is 32.2. The number of anilines is 1. The van der Waals surface area contributed by atoms with Crippen molar-refractivity contribution in [2.75, 3.05) is 19.0 Å². The van der Waals surface area contributed by atoms with Gasteiger partial charge in [-0.3, -0.25) is 9.59 Å². The average Bonchev–Trinajstić information content (AvgIpc) is 3.65. The number of methoxy groups -OCH3 is 1. The van der Waals surface area contributed by atoms with Crippen LogP contribution in [0.25, 0.3) is 34.0 Å². The van der Waals surface area contributed by atoms with Crippen molar-refractivity contribution in [2.45, 2.75) is 32.4 Å². The lowest BCUT2D eigenvalue weighted by atomic mass is 10.0. The van der Waals surface area contributed by atoms with Crippen molar-refractivity contribution in [3.8, 4) is 39.7 Å². The molecule has 0 aliphatic heterocycles. The number of alkyl halides is 3. The number of amides is 2. The van der Waals surface area contributed by atoms with Crippen molar-refractivity contribution in [3.63, 3.8) is 0 Å². The fraction of sp³-hybridized carbons (Fsp3) is 0.171. The summed E-state index contributed by atoms with van der Waals surface area (Å²) >= 11 is 0. The molecule has 0 saturated carbocycles. The molecule has 0 atom stereocenters. The van der Waals surface area contributed by atoms with Gasteiger partial charge in [-0.25, -0.2) is 0 Å². The van der Waals surface area contributed by atoms with Gasteiger partial charge in [-0.1, -0.05) is 77.5 Å². The van der Waals surface area contributed by atoms with Crippen LogP contribution in [0.3, 0.4) is 0 Å². The molecule has 0 bridgehead atoms. The standard InChI is InChI=1S/C41H35F3N4O6/c1-25-3-7-27(8-4-25)28-11-13-30(14-12-28)39-46-38(47-54-39)29-9-5-26(6-10-29)23-48(24-37(50)51)40(52)31-15-18-33(19-16-31)45-36(49)21-32-17-20-34(53-2)22-35(32)41(42,43)44/h3-20,22,37,50-51H,21,23-24H2,1-2H3,(H,45,49). The highest BCUT2D eigenvalue weighted by atomic mass is 19.4. The molecule has 0 saturated heterocycles. The molecule has 13 heteroatoms. The molecule has 10 nitrogen and oxygen atoms in total.